The number of sulfonamides is 1. The van der Waals surface area contributed by atoms with Gasteiger partial charge in [0.05, 0.1) is 15.5 Å². The number of hydrogen-bond donors (Lipinski definition) is 1. The standard InChI is InChI=1S/C19H20Cl2N2O3S/c20-15-6-4-14(5-7-15)13-22-19(24)17-12-16(8-9-18(17)21)27(25,26)23-10-2-1-3-11-23/h4-9,12H,1-3,10-11,13H2,(H,22,24). The molecule has 1 fully saturated rings. The Bertz CT molecular complexity index is 924. The molecule has 8 heteroatoms. The van der Waals surface area contributed by atoms with E-state index in [-0.39, 0.29) is 22.0 Å². The smallest absolute Gasteiger partial charge is 0.253 e. The molecule has 0 aliphatic carbocycles. The van der Waals surface area contributed by atoms with Gasteiger partial charge in [0, 0.05) is 24.7 Å². The summed E-state index contributed by atoms with van der Waals surface area (Å²) in [6.07, 6.45) is 2.73. The van der Waals surface area contributed by atoms with E-state index >= 15 is 0 Å². The summed E-state index contributed by atoms with van der Waals surface area (Å²) in [5.74, 6) is -0.425. The molecule has 5 nitrogen and oxygen atoms in total. The van der Waals surface area contributed by atoms with Gasteiger partial charge in [-0.25, -0.2) is 8.42 Å². The van der Waals surface area contributed by atoms with Gasteiger partial charge >= 0.3 is 0 Å². The van der Waals surface area contributed by atoms with E-state index in [1.165, 1.54) is 22.5 Å². The molecular weight excluding hydrogens is 407 g/mol. The van der Waals surface area contributed by atoms with Gasteiger partial charge in [-0.2, -0.15) is 4.31 Å². The average Bonchev–Trinajstić information content (AvgIpc) is 2.68. The lowest BCUT2D eigenvalue weighted by atomic mass is 10.2. The van der Waals surface area contributed by atoms with Gasteiger partial charge < -0.3 is 5.32 Å². The van der Waals surface area contributed by atoms with Crippen molar-refractivity contribution in [2.75, 3.05) is 13.1 Å². The lowest BCUT2D eigenvalue weighted by Crippen LogP contribution is -2.35. The first-order chi connectivity index (χ1) is 12.9. The molecule has 0 spiro atoms. The Kier molecular flexibility index (Phi) is 6.42. The number of nitrogens with one attached hydrogen (secondary N) is 1. The molecule has 1 aliphatic heterocycles. The molecule has 0 aromatic heterocycles. The molecule has 2 aromatic carbocycles. The Labute approximate surface area is 169 Å². The van der Waals surface area contributed by atoms with Crippen LogP contribution < -0.4 is 5.32 Å². The van der Waals surface area contributed by atoms with Crippen molar-refractivity contribution < 1.29 is 13.2 Å². The molecule has 0 saturated carbocycles. The molecule has 0 atom stereocenters. The second-order valence-electron chi connectivity index (χ2n) is 6.42. The summed E-state index contributed by atoms with van der Waals surface area (Å²) in [7, 11) is -3.63. The highest BCUT2D eigenvalue weighted by Gasteiger charge is 2.27. The van der Waals surface area contributed by atoms with Gasteiger partial charge in [0.2, 0.25) is 10.0 Å². The fourth-order valence-electron chi connectivity index (χ4n) is 2.97. The van der Waals surface area contributed by atoms with Gasteiger partial charge in [0.25, 0.3) is 5.91 Å². The molecule has 1 heterocycles. The first-order valence-electron chi connectivity index (χ1n) is 8.70. The third-order valence-electron chi connectivity index (χ3n) is 4.50. The maximum atomic E-state index is 12.8. The van der Waals surface area contributed by atoms with Gasteiger partial charge in [0.1, 0.15) is 0 Å². The third kappa shape index (κ3) is 4.82. The van der Waals surface area contributed by atoms with Crippen LogP contribution in [0.2, 0.25) is 10.0 Å². The first kappa shape index (κ1) is 20.1. The Hall–Kier alpha value is -1.60. The van der Waals surface area contributed by atoms with E-state index in [2.05, 4.69) is 5.32 Å². The van der Waals surface area contributed by atoms with E-state index in [9.17, 15) is 13.2 Å². The van der Waals surface area contributed by atoms with Crippen molar-refractivity contribution in [3.8, 4) is 0 Å². The number of carbonyl (C=O) groups excluding carboxylic acids is 1. The van der Waals surface area contributed by atoms with E-state index in [1.54, 1.807) is 12.1 Å². The first-order valence-corrected chi connectivity index (χ1v) is 10.9. The highest BCUT2D eigenvalue weighted by Crippen LogP contribution is 2.25. The summed E-state index contributed by atoms with van der Waals surface area (Å²) in [4.78, 5) is 12.6. The van der Waals surface area contributed by atoms with Crippen LogP contribution in [0.4, 0.5) is 0 Å². The molecular formula is C19H20Cl2N2O3S. The van der Waals surface area contributed by atoms with E-state index in [0.29, 0.717) is 18.1 Å². The predicted molar refractivity (Wildman–Crippen MR) is 107 cm³/mol. The molecule has 2 aromatic rings. The van der Waals surface area contributed by atoms with E-state index in [4.69, 9.17) is 23.2 Å². The van der Waals surface area contributed by atoms with Gasteiger partial charge in [-0.15, -0.1) is 0 Å². The van der Waals surface area contributed by atoms with Gasteiger partial charge in [-0.05, 0) is 48.7 Å². The van der Waals surface area contributed by atoms with Crippen LogP contribution in [0.1, 0.15) is 35.2 Å². The molecule has 0 radical (unpaired) electrons. The van der Waals surface area contributed by atoms with Crippen molar-refractivity contribution in [2.45, 2.75) is 30.7 Å². The van der Waals surface area contributed by atoms with Crippen LogP contribution >= 0.6 is 23.2 Å². The van der Waals surface area contributed by atoms with Crippen molar-refractivity contribution in [3.63, 3.8) is 0 Å². The fourth-order valence-corrected chi connectivity index (χ4v) is 4.85. The highest BCUT2D eigenvalue weighted by molar-refractivity contribution is 7.89. The molecule has 0 bridgehead atoms. The second-order valence-corrected chi connectivity index (χ2v) is 9.20. The number of piperidine rings is 1. The molecule has 1 saturated heterocycles. The van der Waals surface area contributed by atoms with Crippen LogP contribution in [-0.4, -0.2) is 31.7 Å². The Morgan fingerprint density at radius 2 is 1.67 bits per heavy atom. The lowest BCUT2D eigenvalue weighted by molar-refractivity contribution is 0.0951. The van der Waals surface area contributed by atoms with E-state index < -0.39 is 15.9 Å². The van der Waals surface area contributed by atoms with Gasteiger partial charge in [-0.1, -0.05) is 41.8 Å². The summed E-state index contributed by atoms with van der Waals surface area (Å²) in [5, 5.41) is 3.58. The topological polar surface area (TPSA) is 66.5 Å². The minimum Gasteiger partial charge on any atom is -0.348 e. The Morgan fingerprint density at radius 3 is 2.33 bits per heavy atom. The Morgan fingerprint density at radius 1 is 1.00 bits per heavy atom. The highest BCUT2D eigenvalue weighted by atomic mass is 35.5. The molecule has 144 valence electrons. The minimum atomic E-state index is -3.63. The average molecular weight is 427 g/mol. The zero-order valence-corrected chi connectivity index (χ0v) is 16.9. The monoisotopic (exact) mass is 426 g/mol. The van der Waals surface area contributed by atoms with Crippen molar-refractivity contribution in [2.24, 2.45) is 0 Å². The normalized spacial score (nSPS) is 15.5. The summed E-state index contributed by atoms with van der Waals surface area (Å²) >= 11 is 12.0. The van der Waals surface area contributed by atoms with Crippen LogP contribution in [-0.2, 0) is 16.6 Å². The molecule has 0 unspecified atom stereocenters. The SMILES string of the molecule is O=C(NCc1ccc(Cl)cc1)c1cc(S(=O)(=O)N2CCCCC2)ccc1Cl. The summed E-state index contributed by atoms with van der Waals surface area (Å²) in [5.41, 5.74) is 1.02. The van der Waals surface area contributed by atoms with Crippen molar-refractivity contribution >= 4 is 39.1 Å². The van der Waals surface area contributed by atoms with Crippen LogP contribution in [0.5, 0.6) is 0 Å². The third-order valence-corrected chi connectivity index (χ3v) is 6.98. The van der Waals surface area contributed by atoms with Crippen LogP contribution in [0, 0.1) is 0 Å². The number of halogens is 2. The molecule has 1 amide bonds. The molecule has 27 heavy (non-hydrogen) atoms. The molecule has 1 N–H and O–H groups in total. The summed E-state index contributed by atoms with van der Waals surface area (Å²) in [6.45, 7) is 1.29. The Balaban J connectivity index is 1.78. The lowest BCUT2D eigenvalue weighted by Gasteiger charge is -2.26. The second kappa shape index (κ2) is 8.61. The molecule has 3 rings (SSSR count). The number of benzene rings is 2. The number of amides is 1. The number of nitrogens with zero attached hydrogens (tertiary/aromatic N) is 1. The number of hydrogen-bond acceptors (Lipinski definition) is 3. The maximum absolute atomic E-state index is 12.8. The van der Waals surface area contributed by atoms with Crippen LogP contribution in [0.25, 0.3) is 0 Å². The zero-order chi connectivity index (χ0) is 19.4. The van der Waals surface area contributed by atoms with Crippen molar-refractivity contribution in [1.29, 1.82) is 0 Å². The minimum absolute atomic E-state index is 0.0884. The van der Waals surface area contributed by atoms with Crippen molar-refractivity contribution in [3.05, 3.63) is 63.6 Å². The molecule has 1 aliphatic rings. The van der Waals surface area contributed by atoms with Gasteiger partial charge in [-0.3, -0.25) is 4.79 Å². The van der Waals surface area contributed by atoms with Gasteiger partial charge in [0.15, 0.2) is 0 Å². The fraction of sp³-hybridized carbons (Fsp3) is 0.316. The quantitative estimate of drug-likeness (QED) is 0.782. The van der Waals surface area contributed by atoms with Crippen LogP contribution in [0.15, 0.2) is 47.4 Å². The summed E-state index contributed by atoms with van der Waals surface area (Å²) < 4.78 is 27.1. The largest absolute Gasteiger partial charge is 0.348 e. The predicted octanol–water partition coefficient (Wildman–Crippen LogP) is 4.10. The van der Waals surface area contributed by atoms with Crippen LogP contribution in [0.3, 0.4) is 0 Å². The number of carbonyl (C=O) groups is 1. The van der Waals surface area contributed by atoms with Crippen molar-refractivity contribution in [1.82, 2.24) is 9.62 Å². The number of rotatable bonds is 5. The summed E-state index contributed by atoms with van der Waals surface area (Å²) in [6, 6.07) is 11.3. The van der Waals surface area contributed by atoms with E-state index in [1.807, 2.05) is 12.1 Å². The maximum Gasteiger partial charge on any atom is 0.253 e. The zero-order valence-electron chi connectivity index (χ0n) is 14.6. The van der Waals surface area contributed by atoms with E-state index in [0.717, 1.165) is 24.8 Å².